The minimum absolute atomic E-state index is 0.0108. The number of halogens is 1. The van der Waals surface area contributed by atoms with Crippen molar-refractivity contribution in [3.05, 3.63) is 123 Å². The SMILES string of the molecule is CCOC(=O)C1=NN(c2ccc(Cl)cc2)[C@]2(C)C[C@@]3(c4ccccc4)N(c4ccc([N+](=O)[O-])cc4)N=C(C(=O)OCC)N3c3cc(C)ccc3N12. The summed E-state index contributed by atoms with van der Waals surface area (Å²) in [5.74, 6) is -1.27. The Morgan fingerprint density at radius 3 is 1.98 bits per heavy atom. The van der Waals surface area contributed by atoms with E-state index in [0.29, 0.717) is 27.8 Å². The first-order valence-electron chi connectivity index (χ1n) is 16.4. The van der Waals surface area contributed by atoms with Crippen LogP contribution in [0, 0.1) is 17.0 Å². The van der Waals surface area contributed by atoms with Crippen LogP contribution in [-0.4, -0.2) is 47.4 Å². The molecule has 2 atom stereocenters. The number of carbonyl (C=O) groups is 2. The molecule has 0 saturated carbocycles. The number of nitro groups is 1. The largest absolute Gasteiger partial charge is 0.460 e. The van der Waals surface area contributed by atoms with E-state index in [1.54, 1.807) is 48.1 Å². The van der Waals surface area contributed by atoms with Crippen molar-refractivity contribution < 1.29 is 24.0 Å². The Morgan fingerprint density at radius 2 is 1.37 bits per heavy atom. The number of non-ortho nitro benzene ring substituents is 1. The van der Waals surface area contributed by atoms with Crippen molar-refractivity contribution in [2.24, 2.45) is 10.2 Å². The first-order valence-corrected chi connectivity index (χ1v) is 16.8. The number of nitrogens with zero attached hydrogens (tertiary/aromatic N) is 7. The van der Waals surface area contributed by atoms with Crippen molar-refractivity contribution in [1.29, 1.82) is 0 Å². The van der Waals surface area contributed by atoms with Crippen LogP contribution in [0.1, 0.15) is 38.3 Å². The van der Waals surface area contributed by atoms with E-state index < -0.39 is 28.2 Å². The number of ether oxygens (including phenoxy) is 2. The Morgan fingerprint density at radius 1 is 0.804 bits per heavy atom. The Hall–Kier alpha value is -5.95. The van der Waals surface area contributed by atoms with Crippen LogP contribution in [0.3, 0.4) is 0 Å². The van der Waals surface area contributed by atoms with E-state index in [-0.39, 0.29) is 37.0 Å². The molecule has 4 aromatic rings. The van der Waals surface area contributed by atoms with Crippen LogP contribution >= 0.6 is 11.6 Å². The second-order valence-corrected chi connectivity index (χ2v) is 12.8. The van der Waals surface area contributed by atoms with Crippen molar-refractivity contribution >= 4 is 63.6 Å². The minimum Gasteiger partial charge on any atom is -0.460 e. The molecule has 0 saturated heterocycles. The highest BCUT2D eigenvalue weighted by Crippen LogP contribution is 2.57. The molecule has 3 aliphatic heterocycles. The smallest absolute Gasteiger partial charge is 0.376 e. The molecule has 0 unspecified atom stereocenters. The molecule has 0 radical (unpaired) electrons. The zero-order valence-electron chi connectivity index (χ0n) is 28.3. The Balaban J connectivity index is 1.59. The normalized spacial score (nSPS) is 20.5. The molecule has 0 aromatic heterocycles. The predicted molar refractivity (Wildman–Crippen MR) is 195 cm³/mol. The van der Waals surface area contributed by atoms with Gasteiger partial charge in [0, 0.05) is 29.1 Å². The molecular formula is C37H34ClN7O6. The lowest BCUT2D eigenvalue weighted by Crippen LogP contribution is -2.62. The number of benzene rings is 4. The molecule has 0 bridgehead atoms. The van der Waals surface area contributed by atoms with E-state index in [1.807, 2.05) is 84.3 Å². The van der Waals surface area contributed by atoms with Gasteiger partial charge in [-0.15, -0.1) is 10.2 Å². The summed E-state index contributed by atoms with van der Waals surface area (Å²) in [5, 5.41) is 25.6. The van der Waals surface area contributed by atoms with Gasteiger partial charge in [-0.25, -0.2) is 19.6 Å². The molecular weight excluding hydrogens is 674 g/mol. The fraction of sp³-hybridized carbons (Fsp3) is 0.243. The lowest BCUT2D eigenvalue weighted by molar-refractivity contribution is -0.384. The molecule has 0 fully saturated rings. The molecule has 13 nitrogen and oxygen atoms in total. The monoisotopic (exact) mass is 707 g/mol. The van der Waals surface area contributed by atoms with Gasteiger partial charge in [0.1, 0.15) is 5.66 Å². The van der Waals surface area contributed by atoms with E-state index in [4.69, 9.17) is 31.3 Å². The summed E-state index contributed by atoms with van der Waals surface area (Å²) < 4.78 is 11.2. The molecule has 0 N–H and O–H groups in total. The first kappa shape index (κ1) is 33.5. The Labute approximate surface area is 299 Å². The van der Waals surface area contributed by atoms with Gasteiger partial charge in [-0.3, -0.25) is 19.9 Å². The molecule has 260 valence electrons. The number of aryl methyl sites for hydroxylation is 1. The molecule has 0 aliphatic carbocycles. The van der Waals surface area contributed by atoms with Gasteiger partial charge in [0.05, 0.1) is 40.9 Å². The van der Waals surface area contributed by atoms with Crippen molar-refractivity contribution in [2.45, 2.75) is 45.4 Å². The summed E-state index contributed by atoms with van der Waals surface area (Å²) in [5.41, 5.74) is 1.20. The highest BCUT2D eigenvalue weighted by molar-refractivity contribution is 6.45. The lowest BCUT2D eigenvalue weighted by atomic mass is 9.86. The van der Waals surface area contributed by atoms with E-state index in [2.05, 4.69) is 0 Å². The highest BCUT2D eigenvalue weighted by Gasteiger charge is 2.64. The van der Waals surface area contributed by atoms with Gasteiger partial charge in [-0.2, -0.15) is 0 Å². The minimum atomic E-state index is -1.35. The van der Waals surface area contributed by atoms with E-state index in [0.717, 1.165) is 11.1 Å². The van der Waals surface area contributed by atoms with Crippen LogP contribution in [0.2, 0.25) is 5.02 Å². The number of fused-ring (bicyclic) bond motifs is 5. The molecule has 4 aromatic carbocycles. The van der Waals surface area contributed by atoms with Gasteiger partial charge in [0.2, 0.25) is 11.7 Å². The average molecular weight is 708 g/mol. The van der Waals surface area contributed by atoms with Gasteiger partial charge >= 0.3 is 11.9 Å². The number of amidine groups is 2. The molecule has 3 heterocycles. The average Bonchev–Trinajstić information content (AvgIpc) is 3.59. The lowest BCUT2D eigenvalue weighted by Gasteiger charge is -2.48. The maximum absolute atomic E-state index is 14.1. The number of hydrazone groups is 2. The number of anilines is 4. The van der Waals surface area contributed by atoms with Crippen molar-refractivity contribution in [2.75, 3.05) is 33.0 Å². The number of carbonyl (C=O) groups excluding carboxylic acids is 2. The maximum atomic E-state index is 14.1. The van der Waals surface area contributed by atoms with E-state index in [9.17, 15) is 19.7 Å². The topological polar surface area (TPSA) is 133 Å². The van der Waals surface area contributed by atoms with Gasteiger partial charge in [-0.05, 0) is 81.8 Å². The van der Waals surface area contributed by atoms with Gasteiger partial charge in [-0.1, -0.05) is 48.0 Å². The molecule has 0 amide bonds. The number of nitro benzene ring substituents is 1. The van der Waals surface area contributed by atoms with Crippen LogP contribution < -0.4 is 19.8 Å². The molecule has 7 rings (SSSR count). The van der Waals surface area contributed by atoms with Crippen LogP contribution in [0.4, 0.5) is 28.4 Å². The standard InChI is InChI=1S/C37H34ClN7O6/c1-5-50-34(46)32-39-43(27-15-13-26(38)14-16-27)36(4)23-37(25-10-8-7-9-11-25)42(31-22-24(3)12-21-30(31)41(32)36)33(35(47)51-6-2)40-44(37)28-17-19-29(20-18-28)45(48)49/h7-22H,5-6,23H2,1-4H3/t36-,37+/m1/s1. The summed E-state index contributed by atoms with van der Waals surface area (Å²) in [4.78, 5) is 42.9. The van der Waals surface area contributed by atoms with Crippen LogP contribution in [0.5, 0.6) is 0 Å². The van der Waals surface area contributed by atoms with Gasteiger partial charge in [0.15, 0.2) is 5.66 Å². The van der Waals surface area contributed by atoms with Crippen LogP contribution in [0.15, 0.2) is 107 Å². The van der Waals surface area contributed by atoms with Gasteiger partial charge < -0.3 is 9.47 Å². The third-order valence-corrected chi connectivity index (χ3v) is 9.45. The van der Waals surface area contributed by atoms with Crippen molar-refractivity contribution in [3.63, 3.8) is 0 Å². The second-order valence-electron chi connectivity index (χ2n) is 12.4. The molecule has 51 heavy (non-hydrogen) atoms. The van der Waals surface area contributed by atoms with E-state index in [1.165, 1.54) is 12.1 Å². The summed E-state index contributed by atoms with van der Waals surface area (Å²) in [6.45, 7) is 7.56. The number of hydrogen-bond acceptors (Lipinski definition) is 12. The molecule has 14 heteroatoms. The third-order valence-electron chi connectivity index (χ3n) is 9.19. The number of hydrogen-bond donors (Lipinski definition) is 0. The predicted octanol–water partition coefficient (Wildman–Crippen LogP) is 6.94. The van der Waals surface area contributed by atoms with Gasteiger partial charge in [0.25, 0.3) is 5.69 Å². The zero-order valence-corrected chi connectivity index (χ0v) is 29.1. The van der Waals surface area contributed by atoms with Crippen molar-refractivity contribution in [1.82, 2.24) is 0 Å². The second kappa shape index (κ2) is 12.7. The third kappa shape index (κ3) is 5.32. The fourth-order valence-electron chi connectivity index (χ4n) is 7.14. The summed E-state index contributed by atoms with van der Waals surface area (Å²) in [7, 11) is 0. The Kier molecular flexibility index (Phi) is 8.38. The van der Waals surface area contributed by atoms with E-state index >= 15 is 0 Å². The Bertz CT molecular complexity index is 2090. The quantitative estimate of drug-likeness (QED) is 0.108. The molecule has 0 spiro atoms. The summed E-state index contributed by atoms with van der Waals surface area (Å²) >= 11 is 6.33. The fourth-order valence-corrected chi connectivity index (χ4v) is 7.27. The highest BCUT2D eigenvalue weighted by atomic mass is 35.5. The summed E-state index contributed by atoms with van der Waals surface area (Å²) in [6.07, 6.45) is 0.121. The zero-order chi connectivity index (χ0) is 36.1. The van der Waals surface area contributed by atoms with Crippen molar-refractivity contribution in [3.8, 4) is 0 Å². The summed E-state index contributed by atoms with van der Waals surface area (Å²) in [6, 6.07) is 28.5. The van der Waals surface area contributed by atoms with Crippen LogP contribution in [-0.2, 0) is 24.7 Å². The maximum Gasteiger partial charge on any atom is 0.376 e. The van der Waals surface area contributed by atoms with Crippen LogP contribution in [0.25, 0.3) is 0 Å². The number of esters is 2. The first-order chi connectivity index (χ1) is 24.5. The number of rotatable bonds is 8. The molecule has 3 aliphatic rings.